The summed E-state index contributed by atoms with van der Waals surface area (Å²) in [7, 11) is 0. The molecule has 2 atom stereocenters. The minimum Gasteiger partial charge on any atom is -0.406 e. The van der Waals surface area contributed by atoms with Crippen molar-refractivity contribution >= 4 is 5.91 Å². The lowest BCUT2D eigenvalue weighted by Crippen LogP contribution is -2.53. The zero-order chi connectivity index (χ0) is 24.5. The zero-order valence-corrected chi connectivity index (χ0v) is 19.8. The summed E-state index contributed by atoms with van der Waals surface area (Å²) in [6, 6.07) is 11.7. The molecule has 8 heteroatoms. The Balaban J connectivity index is 1.43. The van der Waals surface area contributed by atoms with Crippen molar-refractivity contribution in [3.05, 3.63) is 53.6 Å². The first-order chi connectivity index (χ1) is 16.1. The van der Waals surface area contributed by atoms with E-state index in [4.69, 9.17) is 4.74 Å². The van der Waals surface area contributed by atoms with E-state index in [9.17, 15) is 18.0 Å². The Morgan fingerprint density at radius 1 is 1.00 bits per heavy atom. The van der Waals surface area contributed by atoms with Crippen molar-refractivity contribution < 1.29 is 27.4 Å². The third-order valence-corrected chi connectivity index (χ3v) is 6.68. The van der Waals surface area contributed by atoms with Gasteiger partial charge in [0.05, 0.1) is 12.2 Å². The monoisotopic (exact) mass is 476 g/mol. The highest BCUT2D eigenvalue weighted by atomic mass is 19.4. The van der Waals surface area contributed by atoms with Crippen LogP contribution in [0.2, 0.25) is 0 Å². The van der Waals surface area contributed by atoms with Gasteiger partial charge in [-0.2, -0.15) is 0 Å². The standard InChI is InChI=1S/C26H31F3N2O3/c1-17-15-31(16-18(2)33-17)21-11-13-30(14-12-21)25(32)24-6-4-5-23(19(24)3)20-7-9-22(10-8-20)34-26(27,28)29/h4-10,17-18,21H,11-16H2,1-3H3/t17-,18-/m1/s1. The molecule has 0 unspecified atom stereocenters. The molecule has 0 bridgehead atoms. The first-order valence-electron chi connectivity index (χ1n) is 11.8. The third-order valence-electron chi connectivity index (χ3n) is 6.68. The van der Waals surface area contributed by atoms with Gasteiger partial charge < -0.3 is 14.4 Å². The maximum absolute atomic E-state index is 13.3. The van der Waals surface area contributed by atoms with Crippen LogP contribution in [0, 0.1) is 6.92 Å². The predicted molar refractivity (Wildman–Crippen MR) is 124 cm³/mol. The molecule has 0 saturated carbocycles. The number of nitrogens with zero attached hydrogens (tertiary/aromatic N) is 2. The number of hydrogen-bond donors (Lipinski definition) is 0. The molecule has 2 aromatic carbocycles. The Morgan fingerprint density at radius 3 is 2.21 bits per heavy atom. The second-order valence-electron chi connectivity index (χ2n) is 9.28. The van der Waals surface area contributed by atoms with E-state index in [-0.39, 0.29) is 23.9 Å². The van der Waals surface area contributed by atoms with E-state index in [0.29, 0.717) is 24.7 Å². The number of benzene rings is 2. The summed E-state index contributed by atoms with van der Waals surface area (Å²) in [5, 5.41) is 0. The van der Waals surface area contributed by atoms with E-state index in [1.807, 2.05) is 30.0 Å². The number of rotatable bonds is 4. The number of carbonyl (C=O) groups is 1. The van der Waals surface area contributed by atoms with Gasteiger partial charge in [-0.15, -0.1) is 13.2 Å². The molecule has 34 heavy (non-hydrogen) atoms. The van der Waals surface area contributed by atoms with Gasteiger partial charge in [0.25, 0.3) is 5.91 Å². The molecule has 0 aliphatic carbocycles. The van der Waals surface area contributed by atoms with Crippen molar-refractivity contribution in [2.24, 2.45) is 0 Å². The molecule has 2 saturated heterocycles. The van der Waals surface area contributed by atoms with E-state index in [1.165, 1.54) is 12.1 Å². The van der Waals surface area contributed by atoms with Crippen molar-refractivity contribution in [1.29, 1.82) is 0 Å². The molecule has 2 aliphatic rings. The van der Waals surface area contributed by atoms with E-state index in [1.54, 1.807) is 12.1 Å². The van der Waals surface area contributed by atoms with Crippen molar-refractivity contribution in [1.82, 2.24) is 9.80 Å². The molecule has 0 radical (unpaired) electrons. The van der Waals surface area contributed by atoms with Gasteiger partial charge in [0, 0.05) is 37.8 Å². The molecule has 4 rings (SSSR count). The molecular weight excluding hydrogens is 445 g/mol. The summed E-state index contributed by atoms with van der Waals surface area (Å²) in [5.41, 5.74) is 2.99. The second-order valence-corrected chi connectivity index (χ2v) is 9.28. The SMILES string of the molecule is Cc1c(C(=O)N2CCC(N3C[C@@H](C)O[C@H](C)C3)CC2)cccc1-c1ccc(OC(F)(F)F)cc1. The number of ether oxygens (including phenoxy) is 2. The van der Waals surface area contributed by atoms with E-state index in [0.717, 1.165) is 42.6 Å². The van der Waals surface area contributed by atoms with Crippen LogP contribution >= 0.6 is 0 Å². The lowest BCUT2D eigenvalue weighted by molar-refractivity contribution is -0.274. The molecule has 2 fully saturated rings. The smallest absolute Gasteiger partial charge is 0.406 e. The number of halogens is 3. The Hall–Kier alpha value is -2.58. The third kappa shape index (κ3) is 5.73. The van der Waals surface area contributed by atoms with E-state index >= 15 is 0 Å². The molecule has 0 spiro atoms. The molecule has 0 N–H and O–H groups in total. The summed E-state index contributed by atoms with van der Waals surface area (Å²) in [5.74, 6) is -0.272. The van der Waals surface area contributed by atoms with Crippen LogP contribution in [0.3, 0.4) is 0 Å². The van der Waals surface area contributed by atoms with Gasteiger partial charge in [-0.1, -0.05) is 24.3 Å². The summed E-state index contributed by atoms with van der Waals surface area (Å²) in [4.78, 5) is 17.8. The Bertz CT molecular complexity index is 991. The quantitative estimate of drug-likeness (QED) is 0.603. The average Bonchev–Trinajstić information content (AvgIpc) is 2.78. The van der Waals surface area contributed by atoms with Crippen LogP contribution in [0.5, 0.6) is 5.75 Å². The largest absolute Gasteiger partial charge is 0.573 e. The minimum atomic E-state index is -4.73. The summed E-state index contributed by atoms with van der Waals surface area (Å²) in [6.07, 6.45) is -2.41. The summed E-state index contributed by atoms with van der Waals surface area (Å²) in [6.45, 7) is 9.36. The fourth-order valence-corrected chi connectivity index (χ4v) is 5.14. The minimum absolute atomic E-state index is 0.00135. The van der Waals surface area contributed by atoms with Gasteiger partial charge in [-0.25, -0.2) is 0 Å². The highest BCUT2D eigenvalue weighted by molar-refractivity contribution is 5.97. The first-order valence-corrected chi connectivity index (χ1v) is 11.8. The molecular formula is C26H31F3N2O3. The van der Waals surface area contributed by atoms with Crippen LogP contribution in [0.25, 0.3) is 11.1 Å². The zero-order valence-electron chi connectivity index (χ0n) is 19.8. The molecule has 2 aliphatic heterocycles. The van der Waals surface area contributed by atoms with Crippen LogP contribution in [0.4, 0.5) is 13.2 Å². The van der Waals surface area contributed by atoms with Crippen molar-refractivity contribution in [2.45, 2.75) is 58.2 Å². The topological polar surface area (TPSA) is 42.0 Å². The van der Waals surface area contributed by atoms with Crippen molar-refractivity contribution in [3.8, 4) is 16.9 Å². The lowest BCUT2D eigenvalue weighted by atomic mass is 9.94. The van der Waals surface area contributed by atoms with E-state index in [2.05, 4.69) is 23.5 Å². The second kappa shape index (κ2) is 9.96. The summed E-state index contributed by atoms with van der Waals surface area (Å²) < 4.78 is 47.1. The van der Waals surface area contributed by atoms with Crippen LogP contribution in [0.15, 0.2) is 42.5 Å². The van der Waals surface area contributed by atoms with Crippen molar-refractivity contribution in [2.75, 3.05) is 26.2 Å². The normalized spacial score (nSPS) is 22.6. The van der Waals surface area contributed by atoms with Gasteiger partial charge in [0.15, 0.2) is 0 Å². The number of likely N-dealkylation sites (tertiary alicyclic amines) is 1. The number of amides is 1. The number of alkyl halides is 3. The average molecular weight is 477 g/mol. The van der Waals surface area contributed by atoms with Crippen LogP contribution in [0.1, 0.15) is 42.6 Å². The molecule has 0 aromatic heterocycles. The van der Waals surface area contributed by atoms with Gasteiger partial charge >= 0.3 is 6.36 Å². The Kier molecular flexibility index (Phi) is 7.19. The number of hydrogen-bond acceptors (Lipinski definition) is 4. The van der Waals surface area contributed by atoms with Crippen LogP contribution in [-0.2, 0) is 4.74 Å². The number of carbonyl (C=O) groups excluding carboxylic acids is 1. The molecule has 184 valence electrons. The predicted octanol–water partition coefficient (Wildman–Crippen LogP) is 5.27. The van der Waals surface area contributed by atoms with Crippen molar-refractivity contribution in [3.63, 3.8) is 0 Å². The molecule has 2 aromatic rings. The molecule has 1 amide bonds. The maximum atomic E-state index is 13.3. The first kappa shape index (κ1) is 24.5. The van der Waals surface area contributed by atoms with Crippen LogP contribution in [-0.4, -0.2) is 66.5 Å². The highest BCUT2D eigenvalue weighted by Crippen LogP contribution is 2.30. The Labute approximate surface area is 198 Å². The fraction of sp³-hybridized carbons (Fsp3) is 0.500. The van der Waals surface area contributed by atoms with Gasteiger partial charge in [0.1, 0.15) is 5.75 Å². The maximum Gasteiger partial charge on any atom is 0.573 e. The number of piperidine rings is 1. The van der Waals surface area contributed by atoms with Crippen LogP contribution < -0.4 is 4.74 Å². The van der Waals surface area contributed by atoms with E-state index < -0.39 is 6.36 Å². The Morgan fingerprint density at radius 2 is 1.62 bits per heavy atom. The highest BCUT2D eigenvalue weighted by Gasteiger charge is 2.33. The fourth-order valence-electron chi connectivity index (χ4n) is 5.14. The molecule has 5 nitrogen and oxygen atoms in total. The summed E-state index contributed by atoms with van der Waals surface area (Å²) >= 11 is 0. The molecule has 2 heterocycles. The van der Waals surface area contributed by atoms with Gasteiger partial charge in [-0.3, -0.25) is 9.69 Å². The number of morpholine rings is 1. The lowest BCUT2D eigenvalue weighted by Gasteiger charge is -2.43. The van der Waals surface area contributed by atoms with Gasteiger partial charge in [-0.05, 0) is 68.5 Å². The van der Waals surface area contributed by atoms with Gasteiger partial charge in [0.2, 0.25) is 0 Å².